The van der Waals surface area contributed by atoms with Gasteiger partial charge in [-0.25, -0.2) is 0 Å². The van der Waals surface area contributed by atoms with E-state index in [1.807, 2.05) is 43.5 Å². The van der Waals surface area contributed by atoms with Crippen molar-refractivity contribution >= 4 is 16.8 Å². The average molecular weight is 322 g/mol. The highest BCUT2D eigenvalue weighted by atomic mass is 16.5. The van der Waals surface area contributed by atoms with Crippen LogP contribution in [0.15, 0.2) is 54.7 Å². The standard InChI is InChI=1S/C20H22N2O2/c1-15-7-8-18(13-16(15)2)24-14-20(23)21-10-12-22-11-9-17-5-3-4-6-19(17)22/h3-9,11,13H,10,12,14H2,1-2H3,(H,21,23). The van der Waals surface area contributed by atoms with Gasteiger partial charge in [0.15, 0.2) is 6.61 Å². The number of rotatable bonds is 6. The molecule has 0 bridgehead atoms. The second-order valence-corrected chi connectivity index (χ2v) is 5.95. The van der Waals surface area contributed by atoms with E-state index >= 15 is 0 Å². The number of nitrogens with zero attached hydrogens (tertiary/aromatic N) is 1. The molecule has 1 heterocycles. The normalized spacial score (nSPS) is 10.8. The zero-order valence-electron chi connectivity index (χ0n) is 14.1. The van der Waals surface area contributed by atoms with Crippen LogP contribution in [0, 0.1) is 13.8 Å². The van der Waals surface area contributed by atoms with E-state index in [0.717, 1.165) is 17.9 Å². The molecule has 4 heteroatoms. The molecule has 1 aromatic heterocycles. The number of carbonyl (C=O) groups excluding carboxylic acids is 1. The van der Waals surface area contributed by atoms with Crippen molar-refractivity contribution in [1.82, 2.24) is 9.88 Å². The van der Waals surface area contributed by atoms with E-state index in [1.54, 1.807) is 0 Å². The number of aromatic nitrogens is 1. The summed E-state index contributed by atoms with van der Waals surface area (Å²) in [5.74, 6) is 0.620. The van der Waals surface area contributed by atoms with E-state index in [-0.39, 0.29) is 12.5 Å². The maximum atomic E-state index is 11.9. The van der Waals surface area contributed by atoms with Crippen molar-refractivity contribution in [3.05, 3.63) is 65.9 Å². The van der Waals surface area contributed by atoms with Gasteiger partial charge in [-0.15, -0.1) is 0 Å². The fourth-order valence-corrected chi connectivity index (χ4v) is 2.65. The minimum absolute atomic E-state index is 0.0366. The van der Waals surface area contributed by atoms with E-state index in [4.69, 9.17) is 4.74 Å². The molecule has 0 radical (unpaired) electrons. The van der Waals surface area contributed by atoms with E-state index in [9.17, 15) is 4.79 Å². The van der Waals surface area contributed by atoms with Crippen molar-refractivity contribution in [2.24, 2.45) is 0 Å². The molecule has 4 nitrogen and oxygen atoms in total. The van der Waals surface area contributed by atoms with Crippen LogP contribution in [0.25, 0.3) is 10.9 Å². The van der Waals surface area contributed by atoms with Crippen molar-refractivity contribution < 1.29 is 9.53 Å². The number of carbonyl (C=O) groups is 1. The van der Waals surface area contributed by atoms with Crippen molar-refractivity contribution in [1.29, 1.82) is 0 Å². The molecule has 1 N–H and O–H groups in total. The molecule has 0 aliphatic heterocycles. The van der Waals surface area contributed by atoms with Gasteiger partial charge < -0.3 is 14.6 Å². The first-order chi connectivity index (χ1) is 11.6. The molecule has 2 aromatic carbocycles. The average Bonchev–Trinajstić information content (AvgIpc) is 2.99. The second-order valence-electron chi connectivity index (χ2n) is 5.95. The highest BCUT2D eigenvalue weighted by molar-refractivity contribution is 5.80. The minimum atomic E-state index is -0.107. The zero-order chi connectivity index (χ0) is 16.9. The first kappa shape index (κ1) is 16.1. The van der Waals surface area contributed by atoms with Crippen molar-refractivity contribution in [2.75, 3.05) is 13.2 Å². The summed E-state index contributed by atoms with van der Waals surface area (Å²) in [5.41, 5.74) is 3.55. The third-order valence-corrected chi connectivity index (χ3v) is 4.20. The number of benzene rings is 2. The molecule has 0 saturated heterocycles. The van der Waals surface area contributed by atoms with Gasteiger partial charge in [0, 0.05) is 24.8 Å². The Bertz CT molecular complexity index is 852. The maximum Gasteiger partial charge on any atom is 0.258 e. The minimum Gasteiger partial charge on any atom is -0.484 e. The van der Waals surface area contributed by atoms with Gasteiger partial charge in [-0.2, -0.15) is 0 Å². The molecule has 0 unspecified atom stereocenters. The predicted molar refractivity (Wildman–Crippen MR) is 96.4 cm³/mol. The number of ether oxygens (including phenoxy) is 1. The summed E-state index contributed by atoms with van der Waals surface area (Å²) in [7, 11) is 0. The topological polar surface area (TPSA) is 43.3 Å². The molecule has 0 aliphatic carbocycles. The molecule has 0 fully saturated rings. The van der Waals surface area contributed by atoms with Crippen molar-refractivity contribution in [3.8, 4) is 5.75 Å². The Morgan fingerprint density at radius 2 is 1.92 bits per heavy atom. The summed E-state index contributed by atoms with van der Waals surface area (Å²) in [6.07, 6.45) is 2.04. The number of nitrogens with one attached hydrogen (secondary N) is 1. The summed E-state index contributed by atoms with van der Waals surface area (Å²) < 4.78 is 7.68. The van der Waals surface area contributed by atoms with E-state index in [2.05, 4.69) is 35.0 Å². The summed E-state index contributed by atoms with van der Waals surface area (Å²) in [5, 5.41) is 4.11. The van der Waals surface area contributed by atoms with Gasteiger partial charge in [0.1, 0.15) is 5.75 Å². The smallest absolute Gasteiger partial charge is 0.258 e. The lowest BCUT2D eigenvalue weighted by molar-refractivity contribution is -0.123. The van der Waals surface area contributed by atoms with Crippen LogP contribution >= 0.6 is 0 Å². The number of para-hydroxylation sites is 1. The van der Waals surface area contributed by atoms with Crippen LogP contribution < -0.4 is 10.1 Å². The molecule has 0 aliphatic rings. The first-order valence-corrected chi connectivity index (χ1v) is 8.14. The van der Waals surface area contributed by atoms with Crippen LogP contribution in [0.3, 0.4) is 0 Å². The van der Waals surface area contributed by atoms with Gasteiger partial charge >= 0.3 is 0 Å². The number of hydrogen-bond acceptors (Lipinski definition) is 2. The largest absolute Gasteiger partial charge is 0.484 e. The van der Waals surface area contributed by atoms with Crippen LogP contribution in [0.1, 0.15) is 11.1 Å². The number of hydrogen-bond donors (Lipinski definition) is 1. The Kier molecular flexibility index (Phi) is 4.85. The molecular formula is C20H22N2O2. The fraction of sp³-hybridized carbons (Fsp3) is 0.250. The van der Waals surface area contributed by atoms with E-state index in [1.165, 1.54) is 16.5 Å². The van der Waals surface area contributed by atoms with Gasteiger partial charge in [-0.05, 0) is 54.6 Å². The number of fused-ring (bicyclic) bond motifs is 1. The molecular weight excluding hydrogens is 300 g/mol. The predicted octanol–water partition coefficient (Wildman–Crippen LogP) is 3.45. The molecule has 3 rings (SSSR count). The third kappa shape index (κ3) is 3.77. The van der Waals surface area contributed by atoms with Crippen LogP contribution in [0.4, 0.5) is 0 Å². The molecule has 0 atom stereocenters. The Balaban J connectivity index is 1.46. The van der Waals surface area contributed by atoms with Gasteiger partial charge in [0.25, 0.3) is 5.91 Å². The summed E-state index contributed by atoms with van der Waals surface area (Å²) >= 11 is 0. The molecule has 24 heavy (non-hydrogen) atoms. The second kappa shape index (κ2) is 7.21. The van der Waals surface area contributed by atoms with Crippen molar-refractivity contribution in [2.45, 2.75) is 20.4 Å². The Hall–Kier alpha value is -2.75. The quantitative estimate of drug-likeness (QED) is 0.755. The van der Waals surface area contributed by atoms with Gasteiger partial charge in [0.05, 0.1) is 0 Å². The lowest BCUT2D eigenvalue weighted by Crippen LogP contribution is -2.31. The van der Waals surface area contributed by atoms with Crippen molar-refractivity contribution in [3.63, 3.8) is 0 Å². The molecule has 124 valence electrons. The Morgan fingerprint density at radius 3 is 2.75 bits per heavy atom. The fourth-order valence-electron chi connectivity index (χ4n) is 2.65. The third-order valence-electron chi connectivity index (χ3n) is 4.20. The van der Waals surface area contributed by atoms with E-state index in [0.29, 0.717) is 6.54 Å². The molecule has 0 saturated carbocycles. The summed E-state index contributed by atoms with van der Waals surface area (Å²) in [6, 6.07) is 16.1. The molecule has 1 amide bonds. The van der Waals surface area contributed by atoms with Crippen LogP contribution in [0.5, 0.6) is 5.75 Å². The highest BCUT2D eigenvalue weighted by Crippen LogP contribution is 2.16. The van der Waals surface area contributed by atoms with Gasteiger partial charge in [-0.1, -0.05) is 24.3 Å². The van der Waals surface area contributed by atoms with Crippen LogP contribution in [-0.4, -0.2) is 23.6 Å². The van der Waals surface area contributed by atoms with E-state index < -0.39 is 0 Å². The first-order valence-electron chi connectivity index (χ1n) is 8.14. The SMILES string of the molecule is Cc1ccc(OCC(=O)NCCn2ccc3ccccc32)cc1C. The Labute approximate surface area is 142 Å². The van der Waals surface area contributed by atoms with Gasteiger partial charge in [-0.3, -0.25) is 4.79 Å². The van der Waals surface area contributed by atoms with Crippen LogP contribution in [0.2, 0.25) is 0 Å². The number of aryl methyl sites for hydroxylation is 2. The summed E-state index contributed by atoms with van der Waals surface area (Å²) in [4.78, 5) is 11.9. The van der Waals surface area contributed by atoms with Crippen LogP contribution in [-0.2, 0) is 11.3 Å². The monoisotopic (exact) mass is 322 g/mol. The lowest BCUT2D eigenvalue weighted by Gasteiger charge is -2.10. The lowest BCUT2D eigenvalue weighted by atomic mass is 10.1. The number of amides is 1. The highest BCUT2D eigenvalue weighted by Gasteiger charge is 2.04. The summed E-state index contributed by atoms with van der Waals surface area (Å²) in [6.45, 7) is 5.44. The van der Waals surface area contributed by atoms with Gasteiger partial charge in [0.2, 0.25) is 0 Å². The Morgan fingerprint density at radius 1 is 1.08 bits per heavy atom. The zero-order valence-corrected chi connectivity index (χ0v) is 14.1. The molecule has 3 aromatic rings. The molecule has 0 spiro atoms. The maximum absolute atomic E-state index is 11.9.